The number of hydrogen-bond donors (Lipinski definition) is 1. The zero-order valence-corrected chi connectivity index (χ0v) is 15.3. The molecule has 0 saturated carbocycles. The minimum Gasteiger partial charge on any atom is -0.378 e. The van der Waals surface area contributed by atoms with Crippen LogP contribution in [0.1, 0.15) is 21.7 Å². The average Bonchev–Trinajstić information content (AvgIpc) is 3.13. The van der Waals surface area contributed by atoms with Crippen LogP contribution in [0, 0.1) is 13.8 Å². The quantitative estimate of drug-likeness (QED) is 0.755. The molecule has 8 nitrogen and oxygen atoms in total. The van der Waals surface area contributed by atoms with Crippen LogP contribution in [-0.4, -0.2) is 50.9 Å². The molecule has 134 valence electrons. The summed E-state index contributed by atoms with van der Waals surface area (Å²) in [5.74, 6) is 0.463. The summed E-state index contributed by atoms with van der Waals surface area (Å²) in [5.41, 5.74) is 4.16. The van der Waals surface area contributed by atoms with Crippen LogP contribution < -0.4 is 10.2 Å². The van der Waals surface area contributed by atoms with Crippen LogP contribution >= 0.6 is 11.7 Å². The number of nitrogens with zero attached hydrogens (tertiary/aromatic N) is 5. The van der Waals surface area contributed by atoms with Crippen molar-refractivity contribution in [3.8, 4) is 0 Å². The van der Waals surface area contributed by atoms with Gasteiger partial charge in [-0.25, -0.2) is 9.97 Å². The lowest BCUT2D eigenvalue weighted by Gasteiger charge is -2.27. The minimum absolute atomic E-state index is 0.214. The Morgan fingerprint density at radius 2 is 1.81 bits per heavy atom. The summed E-state index contributed by atoms with van der Waals surface area (Å²) in [6, 6.07) is 5.28. The number of benzene rings is 1. The number of amides is 1. The predicted molar refractivity (Wildman–Crippen MR) is 99.9 cm³/mol. The lowest BCUT2D eigenvalue weighted by Crippen LogP contribution is -2.37. The molecule has 0 spiro atoms. The number of anilines is 2. The van der Waals surface area contributed by atoms with Gasteiger partial charge in [0.2, 0.25) is 5.95 Å². The number of ether oxygens (including phenoxy) is 1. The van der Waals surface area contributed by atoms with E-state index in [-0.39, 0.29) is 5.91 Å². The molecule has 3 heterocycles. The molecule has 1 amide bonds. The zero-order valence-electron chi connectivity index (χ0n) is 14.5. The van der Waals surface area contributed by atoms with E-state index in [2.05, 4.69) is 28.9 Å². The SMILES string of the molecule is Cc1nc(N2CCOCC2)nc(C)c1NC(=O)c1ccc2nsnc2c1. The molecule has 1 saturated heterocycles. The smallest absolute Gasteiger partial charge is 0.255 e. The highest BCUT2D eigenvalue weighted by molar-refractivity contribution is 7.00. The van der Waals surface area contributed by atoms with Gasteiger partial charge in [0.05, 0.1) is 42.0 Å². The summed E-state index contributed by atoms with van der Waals surface area (Å²) in [4.78, 5) is 23.9. The number of carbonyl (C=O) groups is 1. The van der Waals surface area contributed by atoms with E-state index in [4.69, 9.17) is 4.74 Å². The van der Waals surface area contributed by atoms with Gasteiger partial charge in [-0.05, 0) is 32.0 Å². The van der Waals surface area contributed by atoms with Crippen molar-refractivity contribution >= 4 is 40.3 Å². The van der Waals surface area contributed by atoms with Crippen molar-refractivity contribution in [2.75, 3.05) is 36.5 Å². The van der Waals surface area contributed by atoms with Crippen LogP contribution in [0.25, 0.3) is 11.0 Å². The standard InChI is InChI=1S/C17H18N6O2S/c1-10-15(11(2)19-17(18-10)23-5-7-25-8-6-23)20-16(24)12-3-4-13-14(9-12)22-26-21-13/h3-4,9H,5-8H2,1-2H3,(H,20,24). The van der Waals surface area contributed by atoms with Crippen molar-refractivity contribution < 1.29 is 9.53 Å². The number of rotatable bonds is 3. The van der Waals surface area contributed by atoms with Gasteiger partial charge in [-0.2, -0.15) is 8.75 Å². The van der Waals surface area contributed by atoms with Crippen LogP contribution in [0.5, 0.6) is 0 Å². The second-order valence-electron chi connectivity index (χ2n) is 6.09. The Bertz CT molecular complexity index is 944. The van der Waals surface area contributed by atoms with Crippen LogP contribution in [0.3, 0.4) is 0 Å². The van der Waals surface area contributed by atoms with Crippen molar-refractivity contribution in [2.24, 2.45) is 0 Å². The number of fused-ring (bicyclic) bond motifs is 1. The van der Waals surface area contributed by atoms with Gasteiger partial charge in [-0.1, -0.05) is 0 Å². The largest absolute Gasteiger partial charge is 0.378 e. The fraction of sp³-hybridized carbons (Fsp3) is 0.353. The van der Waals surface area contributed by atoms with Gasteiger partial charge in [-0.3, -0.25) is 4.79 Å². The third-order valence-corrected chi connectivity index (χ3v) is 4.86. The molecule has 0 radical (unpaired) electrons. The Kier molecular flexibility index (Phi) is 4.48. The third kappa shape index (κ3) is 3.23. The molecule has 1 fully saturated rings. The van der Waals surface area contributed by atoms with Crippen LogP contribution in [-0.2, 0) is 4.74 Å². The van der Waals surface area contributed by atoms with E-state index in [0.717, 1.165) is 47.2 Å². The molecule has 0 unspecified atom stereocenters. The van der Waals surface area contributed by atoms with Gasteiger partial charge in [0.15, 0.2) is 0 Å². The van der Waals surface area contributed by atoms with Crippen LogP contribution in [0.2, 0.25) is 0 Å². The lowest BCUT2D eigenvalue weighted by atomic mass is 10.1. The van der Waals surface area contributed by atoms with E-state index in [1.54, 1.807) is 18.2 Å². The first-order chi connectivity index (χ1) is 12.6. The van der Waals surface area contributed by atoms with Gasteiger partial charge in [0.1, 0.15) is 11.0 Å². The summed E-state index contributed by atoms with van der Waals surface area (Å²) in [6.45, 7) is 6.64. The summed E-state index contributed by atoms with van der Waals surface area (Å²) in [7, 11) is 0. The molecule has 0 atom stereocenters. The second-order valence-corrected chi connectivity index (χ2v) is 6.62. The van der Waals surface area contributed by atoms with Gasteiger partial charge >= 0.3 is 0 Å². The summed E-state index contributed by atoms with van der Waals surface area (Å²) in [6.07, 6.45) is 0. The van der Waals surface area contributed by atoms with E-state index in [1.165, 1.54) is 0 Å². The fourth-order valence-corrected chi connectivity index (χ4v) is 3.41. The molecule has 26 heavy (non-hydrogen) atoms. The van der Waals surface area contributed by atoms with E-state index in [9.17, 15) is 4.79 Å². The fourth-order valence-electron chi connectivity index (χ4n) is 2.89. The number of nitrogens with one attached hydrogen (secondary N) is 1. The number of morpholine rings is 1. The second kappa shape index (κ2) is 6.93. The Hall–Kier alpha value is -2.65. The number of aromatic nitrogens is 4. The third-order valence-electron chi connectivity index (χ3n) is 4.31. The number of hydrogen-bond acceptors (Lipinski definition) is 8. The van der Waals surface area contributed by atoms with Crippen molar-refractivity contribution in [3.63, 3.8) is 0 Å². The Balaban J connectivity index is 1.57. The molecule has 2 aromatic heterocycles. The molecular weight excluding hydrogens is 352 g/mol. The first-order valence-electron chi connectivity index (χ1n) is 8.33. The van der Waals surface area contributed by atoms with Gasteiger partial charge < -0.3 is 15.0 Å². The molecule has 1 aliphatic heterocycles. The Labute approximate surface area is 154 Å². The molecule has 1 aromatic carbocycles. The van der Waals surface area contributed by atoms with Crippen molar-refractivity contribution in [3.05, 3.63) is 35.2 Å². The van der Waals surface area contributed by atoms with Crippen molar-refractivity contribution in [1.82, 2.24) is 18.7 Å². The first-order valence-corrected chi connectivity index (χ1v) is 9.06. The molecule has 1 aliphatic rings. The van der Waals surface area contributed by atoms with Crippen LogP contribution in [0.15, 0.2) is 18.2 Å². The maximum absolute atomic E-state index is 12.6. The summed E-state index contributed by atoms with van der Waals surface area (Å²) < 4.78 is 13.7. The van der Waals surface area contributed by atoms with Crippen LogP contribution in [0.4, 0.5) is 11.6 Å². The van der Waals surface area contributed by atoms with E-state index < -0.39 is 0 Å². The predicted octanol–water partition coefficient (Wildman–Crippen LogP) is 2.19. The summed E-state index contributed by atoms with van der Waals surface area (Å²) >= 11 is 1.13. The highest BCUT2D eigenvalue weighted by atomic mass is 32.1. The zero-order chi connectivity index (χ0) is 18.1. The molecule has 0 bridgehead atoms. The molecule has 0 aliphatic carbocycles. The maximum atomic E-state index is 12.6. The van der Waals surface area contributed by atoms with Gasteiger partial charge in [0, 0.05) is 18.7 Å². The van der Waals surface area contributed by atoms with E-state index in [0.29, 0.717) is 30.4 Å². The van der Waals surface area contributed by atoms with Gasteiger partial charge in [-0.15, -0.1) is 0 Å². The van der Waals surface area contributed by atoms with Crippen molar-refractivity contribution in [1.29, 1.82) is 0 Å². The summed E-state index contributed by atoms with van der Waals surface area (Å²) in [5, 5.41) is 2.93. The molecule has 9 heteroatoms. The minimum atomic E-state index is -0.214. The maximum Gasteiger partial charge on any atom is 0.255 e. The molecular formula is C17H18N6O2S. The lowest BCUT2D eigenvalue weighted by molar-refractivity contribution is 0.102. The van der Waals surface area contributed by atoms with E-state index >= 15 is 0 Å². The van der Waals surface area contributed by atoms with Crippen molar-refractivity contribution in [2.45, 2.75) is 13.8 Å². The number of aryl methyl sites for hydroxylation is 2. The molecule has 4 rings (SSSR count). The highest BCUT2D eigenvalue weighted by Crippen LogP contribution is 2.22. The highest BCUT2D eigenvalue weighted by Gasteiger charge is 2.18. The first kappa shape index (κ1) is 16.8. The Morgan fingerprint density at radius 1 is 1.12 bits per heavy atom. The van der Waals surface area contributed by atoms with E-state index in [1.807, 2.05) is 13.8 Å². The monoisotopic (exact) mass is 370 g/mol. The molecule has 3 aromatic rings. The average molecular weight is 370 g/mol. The Morgan fingerprint density at radius 3 is 2.54 bits per heavy atom. The normalized spacial score (nSPS) is 14.6. The molecule has 1 N–H and O–H groups in total. The van der Waals surface area contributed by atoms with Gasteiger partial charge in [0.25, 0.3) is 5.91 Å². The number of carbonyl (C=O) groups excluding carboxylic acids is 1. The topological polar surface area (TPSA) is 93.1 Å².